The second kappa shape index (κ2) is 6.49. The van der Waals surface area contributed by atoms with E-state index in [1.54, 1.807) is 11.3 Å². The molecular formula is C13H17N5O2S. The van der Waals surface area contributed by atoms with E-state index in [9.17, 15) is 10.1 Å². The van der Waals surface area contributed by atoms with Crippen LogP contribution in [0.1, 0.15) is 22.2 Å². The predicted molar refractivity (Wildman–Crippen MR) is 84.0 cm³/mol. The van der Waals surface area contributed by atoms with Crippen LogP contribution >= 0.6 is 11.3 Å². The number of anilines is 2. The van der Waals surface area contributed by atoms with Gasteiger partial charge in [0.2, 0.25) is 11.8 Å². The molecule has 0 aliphatic carbocycles. The van der Waals surface area contributed by atoms with Crippen molar-refractivity contribution in [2.75, 3.05) is 17.2 Å². The van der Waals surface area contributed by atoms with Gasteiger partial charge in [0.05, 0.1) is 11.5 Å². The maximum Gasteiger partial charge on any atom is 0.329 e. The molecule has 2 aromatic rings. The molecule has 112 valence electrons. The third-order valence-corrected chi connectivity index (χ3v) is 4.10. The summed E-state index contributed by atoms with van der Waals surface area (Å²) in [7, 11) is 0. The van der Waals surface area contributed by atoms with Gasteiger partial charge in [0, 0.05) is 16.3 Å². The van der Waals surface area contributed by atoms with E-state index in [1.165, 1.54) is 16.6 Å². The molecule has 0 aliphatic heterocycles. The molecular weight excluding hydrogens is 290 g/mol. The number of nitro groups is 1. The van der Waals surface area contributed by atoms with Gasteiger partial charge in [-0.25, -0.2) is 4.98 Å². The van der Waals surface area contributed by atoms with Gasteiger partial charge in [-0.2, -0.15) is 4.98 Å². The minimum absolute atomic E-state index is 0.123. The highest BCUT2D eigenvalue weighted by molar-refractivity contribution is 7.12. The normalized spacial score (nSPS) is 10.4. The quantitative estimate of drug-likeness (QED) is 0.629. The smallest absolute Gasteiger partial charge is 0.329 e. The van der Waals surface area contributed by atoms with E-state index in [0.29, 0.717) is 19.0 Å². The molecule has 21 heavy (non-hydrogen) atoms. The van der Waals surface area contributed by atoms with E-state index in [2.05, 4.69) is 33.6 Å². The first kappa shape index (κ1) is 15.2. The zero-order chi connectivity index (χ0) is 15.4. The zero-order valence-electron chi connectivity index (χ0n) is 12.1. The number of nitrogens with zero attached hydrogens (tertiary/aromatic N) is 3. The minimum atomic E-state index is -0.483. The van der Waals surface area contributed by atoms with Crippen molar-refractivity contribution < 1.29 is 4.92 Å². The summed E-state index contributed by atoms with van der Waals surface area (Å²) >= 11 is 1.67. The van der Waals surface area contributed by atoms with Crippen LogP contribution in [0, 0.1) is 24.0 Å². The van der Waals surface area contributed by atoms with Crippen LogP contribution in [-0.4, -0.2) is 21.4 Å². The van der Waals surface area contributed by atoms with Crippen LogP contribution in [0.15, 0.2) is 12.3 Å². The van der Waals surface area contributed by atoms with E-state index < -0.39 is 4.92 Å². The van der Waals surface area contributed by atoms with Gasteiger partial charge >= 0.3 is 5.69 Å². The minimum Gasteiger partial charge on any atom is -0.359 e. The number of aryl methyl sites for hydroxylation is 2. The van der Waals surface area contributed by atoms with Crippen LogP contribution in [-0.2, 0) is 6.54 Å². The molecule has 0 aromatic carbocycles. The first-order valence-corrected chi connectivity index (χ1v) is 7.38. The van der Waals surface area contributed by atoms with E-state index in [-0.39, 0.29) is 11.5 Å². The Morgan fingerprint density at radius 1 is 1.38 bits per heavy atom. The lowest BCUT2D eigenvalue weighted by atomic mass is 10.3. The number of aromatic nitrogens is 2. The highest BCUT2D eigenvalue weighted by atomic mass is 32.1. The van der Waals surface area contributed by atoms with Gasteiger partial charge in [-0.3, -0.25) is 10.1 Å². The third kappa shape index (κ3) is 3.66. The molecule has 2 N–H and O–H groups in total. The first-order chi connectivity index (χ1) is 10.0. The number of hydrogen-bond acceptors (Lipinski definition) is 7. The molecule has 2 aromatic heterocycles. The molecule has 0 amide bonds. The number of thiophene rings is 1. The van der Waals surface area contributed by atoms with E-state index >= 15 is 0 Å². The molecule has 8 heteroatoms. The molecule has 0 unspecified atom stereocenters. The van der Waals surface area contributed by atoms with Crippen molar-refractivity contribution in [3.8, 4) is 0 Å². The van der Waals surface area contributed by atoms with Crippen molar-refractivity contribution in [3.63, 3.8) is 0 Å². The Morgan fingerprint density at radius 3 is 2.71 bits per heavy atom. The maximum atomic E-state index is 11.0. The molecule has 7 nitrogen and oxygen atoms in total. The van der Waals surface area contributed by atoms with Gasteiger partial charge in [-0.15, -0.1) is 11.3 Å². The van der Waals surface area contributed by atoms with Crippen molar-refractivity contribution in [3.05, 3.63) is 37.7 Å². The fourth-order valence-electron chi connectivity index (χ4n) is 1.79. The molecule has 0 atom stereocenters. The maximum absolute atomic E-state index is 11.0. The molecule has 2 rings (SSSR count). The molecule has 0 aliphatic rings. The number of rotatable bonds is 6. The summed E-state index contributed by atoms with van der Waals surface area (Å²) in [6.45, 7) is 7.17. The Labute approximate surface area is 126 Å². The van der Waals surface area contributed by atoms with Gasteiger partial charge in [0.15, 0.2) is 0 Å². The summed E-state index contributed by atoms with van der Waals surface area (Å²) in [6.07, 6.45) is 1.22. The van der Waals surface area contributed by atoms with Crippen molar-refractivity contribution in [1.82, 2.24) is 9.97 Å². The lowest BCUT2D eigenvalue weighted by Gasteiger charge is -2.07. The van der Waals surface area contributed by atoms with Crippen molar-refractivity contribution in [1.29, 1.82) is 0 Å². The summed E-state index contributed by atoms with van der Waals surface area (Å²) < 4.78 is 0. The van der Waals surface area contributed by atoms with E-state index in [4.69, 9.17) is 0 Å². The predicted octanol–water partition coefficient (Wildman–Crippen LogP) is 3.11. The molecule has 2 heterocycles. The van der Waals surface area contributed by atoms with Crippen molar-refractivity contribution in [2.45, 2.75) is 27.3 Å². The first-order valence-electron chi connectivity index (χ1n) is 6.56. The number of nitrogens with one attached hydrogen (secondary N) is 2. The topological polar surface area (TPSA) is 93.0 Å². The Hall–Kier alpha value is -2.22. The van der Waals surface area contributed by atoms with Crippen LogP contribution in [0.4, 0.5) is 17.5 Å². The lowest BCUT2D eigenvalue weighted by Crippen LogP contribution is -2.08. The number of hydrogen-bond donors (Lipinski definition) is 2. The van der Waals surface area contributed by atoms with Crippen LogP contribution in [0.2, 0.25) is 0 Å². The largest absolute Gasteiger partial charge is 0.359 e. The summed E-state index contributed by atoms with van der Waals surface area (Å²) in [6, 6.07) is 2.07. The van der Waals surface area contributed by atoms with Gasteiger partial charge in [0.1, 0.15) is 6.20 Å². The molecule has 0 bridgehead atoms. The molecule has 0 radical (unpaired) electrons. The summed E-state index contributed by atoms with van der Waals surface area (Å²) in [5.41, 5.74) is 1.10. The Bertz CT molecular complexity index is 637. The summed E-state index contributed by atoms with van der Waals surface area (Å²) in [5.74, 6) is 0.610. The molecule has 0 fully saturated rings. The SMILES string of the molecule is CCNc1ncc([N+](=O)[O-])c(NCc2cc(C)c(C)s2)n1. The highest BCUT2D eigenvalue weighted by Gasteiger charge is 2.17. The van der Waals surface area contributed by atoms with Gasteiger partial charge < -0.3 is 10.6 Å². The second-order valence-corrected chi connectivity index (χ2v) is 5.86. The Kier molecular flexibility index (Phi) is 4.69. The molecule has 0 saturated heterocycles. The van der Waals surface area contributed by atoms with Gasteiger partial charge in [-0.1, -0.05) is 0 Å². The van der Waals surface area contributed by atoms with Crippen LogP contribution in [0.25, 0.3) is 0 Å². The van der Waals surface area contributed by atoms with Crippen LogP contribution < -0.4 is 10.6 Å². The van der Waals surface area contributed by atoms with E-state index in [0.717, 1.165) is 4.88 Å². The average Bonchev–Trinajstić information content (AvgIpc) is 2.76. The van der Waals surface area contributed by atoms with E-state index in [1.807, 2.05) is 13.8 Å². The van der Waals surface area contributed by atoms with Crippen molar-refractivity contribution in [2.24, 2.45) is 0 Å². The monoisotopic (exact) mass is 307 g/mol. The zero-order valence-corrected chi connectivity index (χ0v) is 13.0. The Balaban J connectivity index is 2.20. The Morgan fingerprint density at radius 2 is 2.14 bits per heavy atom. The standard InChI is InChI=1S/C13H17N5O2S/c1-4-14-13-16-7-11(18(19)20)12(17-13)15-6-10-5-8(2)9(3)21-10/h5,7H,4,6H2,1-3H3,(H2,14,15,16,17). The second-order valence-electron chi connectivity index (χ2n) is 4.52. The van der Waals surface area contributed by atoms with Crippen molar-refractivity contribution >= 4 is 28.8 Å². The van der Waals surface area contributed by atoms with Gasteiger partial charge in [-0.05, 0) is 32.4 Å². The lowest BCUT2D eigenvalue weighted by molar-refractivity contribution is -0.384. The third-order valence-electron chi connectivity index (χ3n) is 2.95. The molecule has 0 spiro atoms. The van der Waals surface area contributed by atoms with Crippen LogP contribution in [0.5, 0.6) is 0 Å². The van der Waals surface area contributed by atoms with Gasteiger partial charge in [0.25, 0.3) is 0 Å². The highest BCUT2D eigenvalue weighted by Crippen LogP contribution is 2.25. The summed E-state index contributed by atoms with van der Waals surface area (Å²) in [5, 5.41) is 17.0. The fraction of sp³-hybridized carbons (Fsp3) is 0.385. The van der Waals surface area contributed by atoms with Crippen LogP contribution in [0.3, 0.4) is 0 Å². The molecule has 0 saturated carbocycles. The average molecular weight is 307 g/mol. The summed E-state index contributed by atoms with van der Waals surface area (Å²) in [4.78, 5) is 21.0. The fourth-order valence-corrected chi connectivity index (χ4v) is 2.78.